The minimum atomic E-state index is -4.03. The summed E-state index contributed by atoms with van der Waals surface area (Å²) in [4.78, 5) is 0. The van der Waals surface area contributed by atoms with Crippen molar-refractivity contribution in [3.63, 3.8) is 0 Å². The van der Waals surface area contributed by atoms with Gasteiger partial charge in [-0.25, -0.2) is 43.9 Å². The van der Waals surface area contributed by atoms with Crippen molar-refractivity contribution >= 4 is 0 Å². The fourth-order valence-electron chi connectivity index (χ4n) is 1.02. The van der Waals surface area contributed by atoms with Crippen LogP contribution in [0, 0.1) is 0 Å². The second-order valence-corrected chi connectivity index (χ2v) is 3.29. The van der Waals surface area contributed by atoms with Crippen molar-refractivity contribution in [2.75, 3.05) is 0 Å². The van der Waals surface area contributed by atoms with Crippen LogP contribution in [0.5, 0.6) is 0 Å². The van der Waals surface area contributed by atoms with Gasteiger partial charge in [0.15, 0.2) is 24.6 Å². The predicted molar refractivity (Wildman–Crippen MR) is 42.5 cm³/mol. The van der Waals surface area contributed by atoms with Crippen LogP contribution in [0.3, 0.4) is 0 Å². The Balaban J connectivity index is 4.96. The van der Waals surface area contributed by atoms with E-state index in [1.165, 1.54) is 0 Å². The third-order valence-electron chi connectivity index (χ3n) is 1.92. The van der Waals surface area contributed by atoms with Gasteiger partial charge in [-0.05, 0) is 0 Å². The molecule has 0 aliphatic heterocycles. The zero-order valence-electron chi connectivity index (χ0n) is 8.81. The summed E-state index contributed by atoms with van der Waals surface area (Å²) in [6.45, 7) is 0. The zero-order chi connectivity index (χ0) is 15.3. The van der Waals surface area contributed by atoms with Crippen LogP contribution >= 0.6 is 0 Å². The van der Waals surface area contributed by atoms with E-state index in [-0.39, 0.29) is 0 Å². The second kappa shape index (κ2) is 7.75. The summed E-state index contributed by atoms with van der Waals surface area (Å²) in [5.74, 6) is 0. The Morgan fingerprint density at radius 3 is 0.842 bits per heavy atom. The average Bonchev–Trinajstić information content (AvgIpc) is 2.27. The van der Waals surface area contributed by atoms with E-state index >= 15 is 0 Å². The predicted octanol–water partition coefficient (Wildman–Crippen LogP) is 3.48. The van der Waals surface area contributed by atoms with Gasteiger partial charge in [0.2, 0.25) is 0 Å². The molecule has 0 N–H and O–H groups in total. The molecule has 0 radical (unpaired) electrons. The maximum Gasteiger partial charge on any atom is 0.272 e. The fraction of sp³-hybridized carbons (Fsp3) is 1.00. The molecular formula is C8H8F10O. The summed E-state index contributed by atoms with van der Waals surface area (Å²) >= 11 is 0. The van der Waals surface area contributed by atoms with Crippen molar-refractivity contribution in [3.8, 4) is 0 Å². The first-order valence-corrected chi connectivity index (χ1v) is 4.65. The van der Waals surface area contributed by atoms with E-state index in [4.69, 9.17) is 0 Å². The highest BCUT2D eigenvalue weighted by molar-refractivity contribution is 4.81. The molecule has 0 saturated heterocycles. The fourth-order valence-corrected chi connectivity index (χ4v) is 1.02. The van der Waals surface area contributed by atoms with Gasteiger partial charge in [0, 0.05) is 0 Å². The molecule has 0 rings (SSSR count). The molecule has 4 unspecified atom stereocenters. The van der Waals surface area contributed by atoms with Crippen LogP contribution in [0.2, 0.25) is 0 Å². The lowest BCUT2D eigenvalue weighted by atomic mass is 10.2. The van der Waals surface area contributed by atoms with Crippen molar-refractivity contribution in [3.05, 3.63) is 0 Å². The Kier molecular flexibility index (Phi) is 7.45. The Morgan fingerprint density at radius 1 is 0.421 bits per heavy atom. The number of alkyl halides is 10. The summed E-state index contributed by atoms with van der Waals surface area (Å²) in [5.41, 5.74) is 0. The highest BCUT2D eigenvalue weighted by Crippen LogP contribution is 2.26. The van der Waals surface area contributed by atoms with Gasteiger partial charge < -0.3 is 4.74 Å². The Hall–Kier alpha value is -0.740. The SMILES string of the molecule is FC(F)C(F)C(OC(C(F)F)C(F)C(F)F)C(F)F. The Labute approximate surface area is 100 Å². The molecule has 0 aromatic rings. The van der Waals surface area contributed by atoms with Crippen molar-refractivity contribution in [1.82, 2.24) is 0 Å². The molecule has 116 valence electrons. The Morgan fingerprint density at radius 2 is 0.684 bits per heavy atom. The number of rotatable bonds is 8. The average molecular weight is 310 g/mol. The summed E-state index contributed by atoms with van der Waals surface area (Å²) in [6.07, 6.45) is -30.4. The molecule has 0 fully saturated rings. The van der Waals surface area contributed by atoms with Crippen molar-refractivity contribution < 1.29 is 48.6 Å². The number of ether oxygens (including phenoxy) is 1. The van der Waals surface area contributed by atoms with Crippen LogP contribution in [0.25, 0.3) is 0 Å². The standard InChI is InChI=1S/C8H8F10O/c9-1(5(11)12)3(7(15)16)19-4(8(17)18)2(10)6(13)14/h1-8H. The van der Waals surface area contributed by atoms with Gasteiger partial charge in [-0.2, -0.15) is 0 Å². The number of halogens is 10. The van der Waals surface area contributed by atoms with Gasteiger partial charge >= 0.3 is 0 Å². The van der Waals surface area contributed by atoms with Gasteiger partial charge in [0.25, 0.3) is 25.7 Å². The summed E-state index contributed by atoms with van der Waals surface area (Å²) in [6, 6.07) is 0. The van der Waals surface area contributed by atoms with E-state index in [0.29, 0.717) is 0 Å². The topological polar surface area (TPSA) is 9.23 Å². The molecule has 11 heteroatoms. The zero-order valence-corrected chi connectivity index (χ0v) is 8.81. The molecule has 0 aromatic carbocycles. The molecule has 0 heterocycles. The molecule has 0 spiro atoms. The second-order valence-electron chi connectivity index (χ2n) is 3.29. The van der Waals surface area contributed by atoms with Gasteiger partial charge in [0.1, 0.15) is 0 Å². The lowest BCUT2D eigenvalue weighted by Crippen LogP contribution is -2.46. The summed E-state index contributed by atoms with van der Waals surface area (Å²) in [5, 5.41) is 0. The monoisotopic (exact) mass is 310 g/mol. The normalized spacial score (nSPS) is 19.3. The smallest absolute Gasteiger partial charge is 0.272 e. The highest BCUT2D eigenvalue weighted by atomic mass is 19.3. The van der Waals surface area contributed by atoms with Crippen LogP contribution in [-0.4, -0.2) is 50.3 Å². The van der Waals surface area contributed by atoms with Crippen molar-refractivity contribution in [2.45, 2.75) is 50.3 Å². The van der Waals surface area contributed by atoms with Crippen LogP contribution in [-0.2, 0) is 4.74 Å². The molecule has 0 saturated carbocycles. The van der Waals surface area contributed by atoms with E-state index in [1.807, 2.05) is 0 Å². The molecule has 0 bridgehead atoms. The van der Waals surface area contributed by atoms with E-state index in [1.54, 1.807) is 0 Å². The molecule has 19 heavy (non-hydrogen) atoms. The van der Waals surface area contributed by atoms with Gasteiger partial charge in [-0.15, -0.1) is 0 Å². The van der Waals surface area contributed by atoms with E-state index in [2.05, 4.69) is 4.74 Å². The van der Waals surface area contributed by atoms with Crippen LogP contribution in [0.15, 0.2) is 0 Å². The van der Waals surface area contributed by atoms with E-state index < -0.39 is 50.3 Å². The highest BCUT2D eigenvalue weighted by Gasteiger charge is 2.45. The molecule has 4 atom stereocenters. The third-order valence-corrected chi connectivity index (χ3v) is 1.92. The van der Waals surface area contributed by atoms with Gasteiger partial charge in [-0.1, -0.05) is 0 Å². The van der Waals surface area contributed by atoms with Crippen molar-refractivity contribution in [1.29, 1.82) is 0 Å². The van der Waals surface area contributed by atoms with Crippen LogP contribution < -0.4 is 0 Å². The molecular weight excluding hydrogens is 302 g/mol. The largest absolute Gasteiger partial charge is 0.356 e. The minimum absolute atomic E-state index is 3.41. The molecule has 0 aromatic heterocycles. The number of hydrogen-bond acceptors (Lipinski definition) is 1. The summed E-state index contributed by atoms with van der Waals surface area (Å²) < 4.78 is 125. The van der Waals surface area contributed by atoms with Crippen molar-refractivity contribution in [2.24, 2.45) is 0 Å². The van der Waals surface area contributed by atoms with E-state index in [9.17, 15) is 43.9 Å². The quantitative estimate of drug-likeness (QED) is 0.624. The Bertz CT molecular complexity index is 224. The number of hydrogen-bond donors (Lipinski definition) is 0. The molecule has 0 amide bonds. The third kappa shape index (κ3) is 5.41. The van der Waals surface area contributed by atoms with Gasteiger partial charge in [-0.3, -0.25) is 0 Å². The van der Waals surface area contributed by atoms with Crippen LogP contribution in [0.1, 0.15) is 0 Å². The first kappa shape index (κ1) is 18.3. The molecule has 1 nitrogen and oxygen atoms in total. The lowest BCUT2D eigenvalue weighted by molar-refractivity contribution is -0.205. The van der Waals surface area contributed by atoms with E-state index in [0.717, 1.165) is 0 Å². The first-order chi connectivity index (χ1) is 8.59. The molecule has 0 aliphatic carbocycles. The van der Waals surface area contributed by atoms with Gasteiger partial charge in [0.05, 0.1) is 0 Å². The van der Waals surface area contributed by atoms with Crippen LogP contribution in [0.4, 0.5) is 43.9 Å². The maximum absolute atomic E-state index is 12.6. The summed E-state index contributed by atoms with van der Waals surface area (Å²) in [7, 11) is 0. The lowest BCUT2D eigenvalue weighted by Gasteiger charge is -2.27. The molecule has 0 aliphatic rings. The first-order valence-electron chi connectivity index (χ1n) is 4.65. The maximum atomic E-state index is 12.6. The minimum Gasteiger partial charge on any atom is -0.356 e.